The summed E-state index contributed by atoms with van der Waals surface area (Å²) < 4.78 is 7.87. The van der Waals surface area contributed by atoms with Crippen LogP contribution < -0.4 is 5.69 Å². The van der Waals surface area contributed by atoms with Crippen LogP contribution in [0.25, 0.3) is 0 Å². The number of imidazole rings is 1. The minimum absolute atomic E-state index is 0.0962. The van der Waals surface area contributed by atoms with E-state index in [1.807, 2.05) is 13.0 Å². The predicted octanol–water partition coefficient (Wildman–Crippen LogP) is 3.13. The van der Waals surface area contributed by atoms with Gasteiger partial charge in [-0.1, -0.05) is 29.3 Å². The molecule has 1 aromatic heterocycles. The highest BCUT2D eigenvalue weighted by atomic mass is 35.5. The predicted molar refractivity (Wildman–Crippen MR) is 90.3 cm³/mol. The molecule has 0 amide bonds. The Morgan fingerprint density at radius 3 is 2.61 bits per heavy atom. The summed E-state index contributed by atoms with van der Waals surface area (Å²) in [6, 6.07) is 5.26. The van der Waals surface area contributed by atoms with Gasteiger partial charge >= 0.3 is 11.7 Å². The van der Waals surface area contributed by atoms with Crippen molar-refractivity contribution in [3.63, 3.8) is 0 Å². The lowest BCUT2D eigenvalue weighted by Gasteiger charge is -2.06. The van der Waals surface area contributed by atoms with Crippen molar-refractivity contribution >= 4 is 29.2 Å². The fourth-order valence-electron chi connectivity index (χ4n) is 2.38. The molecule has 2 rings (SSSR count). The smallest absolute Gasteiger partial charge is 0.328 e. The third-order valence-corrected chi connectivity index (χ3v) is 4.02. The molecule has 0 fully saturated rings. The highest BCUT2D eigenvalue weighted by molar-refractivity contribution is 6.35. The Kier molecular flexibility index (Phi) is 5.91. The Morgan fingerprint density at radius 1 is 1.26 bits per heavy atom. The zero-order chi connectivity index (χ0) is 17.0. The fourth-order valence-corrected chi connectivity index (χ4v) is 2.86. The first-order chi connectivity index (χ1) is 11.0. The molecule has 124 valence electrons. The second-order valence-corrected chi connectivity index (χ2v) is 5.84. The molecule has 7 heteroatoms. The molecular formula is C16H18Cl2N2O3. The van der Waals surface area contributed by atoms with Crippen molar-refractivity contribution in [1.29, 1.82) is 0 Å². The van der Waals surface area contributed by atoms with Crippen molar-refractivity contribution in [1.82, 2.24) is 9.13 Å². The molecule has 0 saturated carbocycles. The van der Waals surface area contributed by atoms with Gasteiger partial charge in [-0.15, -0.1) is 0 Å². The standard InChI is InChI=1S/C16H18Cl2N2O3/c1-3-20-13(7-11-5-6-12(17)8-14(11)18)9-19(16(20)22)10-15(21)23-4-2/h5-6,8-9H,3-4,7,10H2,1-2H3. The van der Waals surface area contributed by atoms with Crippen LogP contribution in [-0.2, 0) is 29.0 Å². The minimum atomic E-state index is -0.432. The van der Waals surface area contributed by atoms with Gasteiger partial charge in [-0.2, -0.15) is 0 Å². The first-order valence-corrected chi connectivity index (χ1v) is 8.10. The number of hydrogen-bond acceptors (Lipinski definition) is 3. The highest BCUT2D eigenvalue weighted by Crippen LogP contribution is 2.23. The van der Waals surface area contributed by atoms with E-state index in [2.05, 4.69) is 0 Å². The summed E-state index contributed by atoms with van der Waals surface area (Å²) >= 11 is 12.1. The lowest BCUT2D eigenvalue weighted by molar-refractivity contribution is -0.143. The molecule has 0 unspecified atom stereocenters. The maximum absolute atomic E-state index is 12.4. The number of halogens is 2. The number of esters is 1. The summed E-state index contributed by atoms with van der Waals surface area (Å²) in [6.45, 7) is 4.31. The average Bonchev–Trinajstić information content (AvgIpc) is 2.77. The molecule has 0 bridgehead atoms. The van der Waals surface area contributed by atoms with Gasteiger partial charge in [-0.25, -0.2) is 4.79 Å². The molecule has 0 spiro atoms. The molecule has 1 aromatic carbocycles. The Balaban J connectivity index is 2.31. The first kappa shape index (κ1) is 17.6. The van der Waals surface area contributed by atoms with Gasteiger partial charge in [0.15, 0.2) is 0 Å². The normalized spacial score (nSPS) is 10.8. The van der Waals surface area contributed by atoms with E-state index in [0.717, 1.165) is 11.3 Å². The second-order valence-electron chi connectivity index (χ2n) is 4.99. The van der Waals surface area contributed by atoms with E-state index in [4.69, 9.17) is 27.9 Å². The SMILES string of the molecule is CCOC(=O)Cn1cc(Cc2ccc(Cl)cc2Cl)n(CC)c1=O. The highest BCUT2D eigenvalue weighted by Gasteiger charge is 2.14. The van der Waals surface area contributed by atoms with Crippen LogP contribution in [0.1, 0.15) is 25.1 Å². The maximum atomic E-state index is 12.4. The quantitative estimate of drug-likeness (QED) is 0.747. The van der Waals surface area contributed by atoms with Crippen LogP contribution in [0.3, 0.4) is 0 Å². The van der Waals surface area contributed by atoms with E-state index >= 15 is 0 Å². The topological polar surface area (TPSA) is 53.2 Å². The summed E-state index contributed by atoms with van der Waals surface area (Å²) in [5.74, 6) is -0.432. The van der Waals surface area contributed by atoms with Gasteiger partial charge in [0.1, 0.15) is 6.54 Å². The van der Waals surface area contributed by atoms with Gasteiger partial charge in [-0.05, 0) is 31.5 Å². The minimum Gasteiger partial charge on any atom is -0.465 e. The van der Waals surface area contributed by atoms with Crippen molar-refractivity contribution in [3.05, 3.63) is 56.2 Å². The van der Waals surface area contributed by atoms with E-state index < -0.39 is 5.97 Å². The van der Waals surface area contributed by atoms with Crippen LogP contribution in [0.4, 0.5) is 0 Å². The molecule has 23 heavy (non-hydrogen) atoms. The lowest BCUT2D eigenvalue weighted by atomic mass is 10.1. The van der Waals surface area contributed by atoms with Crippen LogP contribution in [0, 0.1) is 0 Å². The van der Waals surface area contributed by atoms with Gasteiger partial charge in [0.25, 0.3) is 0 Å². The molecule has 0 aliphatic heterocycles. The Morgan fingerprint density at radius 2 is 2.00 bits per heavy atom. The van der Waals surface area contributed by atoms with Crippen molar-refractivity contribution in [3.8, 4) is 0 Å². The Labute approximate surface area is 144 Å². The lowest BCUT2D eigenvalue weighted by Crippen LogP contribution is -2.27. The molecule has 0 aliphatic rings. The number of carbonyl (C=O) groups excluding carboxylic acids is 1. The molecule has 5 nitrogen and oxygen atoms in total. The second kappa shape index (κ2) is 7.70. The van der Waals surface area contributed by atoms with Crippen LogP contribution in [-0.4, -0.2) is 21.7 Å². The molecule has 2 aromatic rings. The van der Waals surface area contributed by atoms with Gasteiger partial charge in [0.05, 0.1) is 6.61 Å². The molecule has 0 aliphatic carbocycles. The van der Waals surface area contributed by atoms with Gasteiger partial charge in [-0.3, -0.25) is 13.9 Å². The fraction of sp³-hybridized carbons (Fsp3) is 0.375. The molecular weight excluding hydrogens is 339 g/mol. The largest absolute Gasteiger partial charge is 0.465 e. The Bertz CT molecular complexity index is 765. The first-order valence-electron chi connectivity index (χ1n) is 7.34. The van der Waals surface area contributed by atoms with E-state index in [9.17, 15) is 9.59 Å². The summed E-state index contributed by atoms with van der Waals surface area (Å²) in [7, 11) is 0. The van der Waals surface area contributed by atoms with E-state index in [1.165, 1.54) is 4.57 Å². The number of ether oxygens (including phenoxy) is 1. The van der Waals surface area contributed by atoms with Crippen LogP contribution >= 0.6 is 23.2 Å². The van der Waals surface area contributed by atoms with Crippen molar-refractivity contribution in [2.24, 2.45) is 0 Å². The third kappa shape index (κ3) is 4.18. The van der Waals surface area contributed by atoms with Crippen LogP contribution in [0.15, 0.2) is 29.2 Å². The van der Waals surface area contributed by atoms with Gasteiger partial charge in [0, 0.05) is 34.9 Å². The van der Waals surface area contributed by atoms with E-state index in [0.29, 0.717) is 23.0 Å². The number of hydrogen-bond donors (Lipinski definition) is 0. The number of aromatic nitrogens is 2. The zero-order valence-electron chi connectivity index (χ0n) is 13.0. The van der Waals surface area contributed by atoms with E-state index in [1.54, 1.807) is 29.8 Å². The van der Waals surface area contributed by atoms with Gasteiger partial charge < -0.3 is 4.74 Å². The molecule has 1 heterocycles. The zero-order valence-corrected chi connectivity index (χ0v) is 14.5. The van der Waals surface area contributed by atoms with E-state index in [-0.39, 0.29) is 18.8 Å². The molecule has 0 radical (unpaired) electrons. The van der Waals surface area contributed by atoms with Crippen molar-refractivity contribution < 1.29 is 9.53 Å². The number of rotatable bonds is 6. The van der Waals surface area contributed by atoms with Crippen LogP contribution in [0.2, 0.25) is 10.0 Å². The number of nitrogens with zero attached hydrogens (tertiary/aromatic N) is 2. The monoisotopic (exact) mass is 356 g/mol. The summed E-state index contributed by atoms with van der Waals surface area (Å²) in [4.78, 5) is 24.0. The third-order valence-electron chi connectivity index (χ3n) is 3.44. The molecule has 0 saturated heterocycles. The Hall–Kier alpha value is -1.72. The van der Waals surface area contributed by atoms with Crippen molar-refractivity contribution in [2.45, 2.75) is 33.4 Å². The van der Waals surface area contributed by atoms with Crippen LogP contribution in [0.5, 0.6) is 0 Å². The molecule has 0 N–H and O–H groups in total. The van der Waals surface area contributed by atoms with Crippen molar-refractivity contribution in [2.75, 3.05) is 6.61 Å². The summed E-state index contributed by atoms with van der Waals surface area (Å²) in [6.07, 6.45) is 2.16. The molecule has 0 atom stereocenters. The van der Waals surface area contributed by atoms with Gasteiger partial charge in [0.2, 0.25) is 0 Å². The number of benzene rings is 1. The number of carbonyl (C=O) groups is 1. The summed E-state index contributed by atoms with van der Waals surface area (Å²) in [5, 5.41) is 1.11. The maximum Gasteiger partial charge on any atom is 0.328 e. The summed E-state index contributed by atoms with van der Waals surface area (Å²) in [5.41, 5.74) is 1.42. The average molecular weight is 357 g/mol.